The number of rotatable bonds is 4. The maximum absolute atomic E-state index is 4.16. The molecule has 1 N–H and O–H groups in total. The summed E-state index contributed by atoms with van der Waals surface area (Å²) < 4.78 is 2.01. The topological polar surface area (TPSA) is 46.0 Å². The third kappa shape index (κ3) is 3.17. The highest BCUT2D eigenvalue weighted by atomic mass is 15.3. The molecule has 3 rings (SSSR count). The number of anilines is 2. The summed E-state index contributed by atoms with van der Waals surface area (Å²) in [6.45, 7) is 5.03. The van der Waals surface area contributed by atoms with Gasteiger partial charge in [-0.05, 0) is 50.5 Å². The van der Waals surface area contributed by atoms with Crippen molar-refractivity contribution in [2.24, 2.45) is 7.05 Å². The van der Waals surface area contributed by atoms with Gasteiger partial charge in [0.2, 0.25) is 0 Å². The van der Waals surface area contributed by atoms with Gasteiger partial charge in [-0.2, -0.15) is 0 Å². The summed E-state index contributed by atoms with van der Waals surface area (Å²) in [6, 6.07) is 8.70. The van der Waals surface area contributed by atoms with Crippen molar-refractivity contribution < 1.29 is 0 Å². The van der Waals surface area contributed by atoms with Crippen LogP contribution in [0.25, 0.3) is 0 Å². The van der Waals surface area contributed by atoms with Crippen molar-refractivity contribution in [1.29, 1.82) is 0 Å². The van der Waals surface area contributed by atoms with E-state index in [4.69, 9.17) is 0 Å². The van der Waals surface area contributed by atoms with Crippen LogP contribution in [0.15, 0.2) is 24.3 Å². The zero-order valence-electron chi connectivity index (χ0n) is 12.8. The van der Waals surface area contributed by atoms with Crippen LogP contribution in [0.3, 0.4) is 0 Å². The van der Waals surface area contributed by atoms with E-state index < -0.39 is 0 Å². The predicted molar refractivity (Wildman–Crippen MR) is 85.6 cm³/mol. The lowest BCUT2D eigenvalue weighted by molar-refractivity contribution is 0.578. The van der Waals surface area contributed by atoms with Gasteiger partial charge in [0.1, 0.15) is 5.82 Å². The lowest BCUT2D eigenvalue weighted by atomic mass is 10.1. The summed E-state index contributed by atoms with van der Waals surface area (Å²) >= 11 is 0. The van der Waals surface area contributed by atoms with Crippen molar-refractivity contribution in [2.45, 2.75) is 32.7 Å². The van der Waals surface area contributed by atoms with E-state index in [1.54, 1.807) is 0 Å². The van der Waals surface area contributed by atoms with Crippen molar-refractivity contribution >= 4 is 11.4 Å². The molecule has 1 aromatic carbocycles. The van der Waals surface area contributed by atoms with Gasteiger partial charge in [0.25, 0.3) is 0 Å². The molecule has 1 aliphatic rings. The fourth-order valence-electron chi connectivity index (χ4n) is 2.73. The number of nitrogens with one attached hydrogen (secondary N) is 1. The van der Waals surface area contributed by atoms with Gasteiger partial charge in [0.05, 0.1) is 6.54 Å². The maximum atomic E-state index is 4.16. The first-order valence-electron chi connectivity index (χ1n) is 7.68. The molecule has 0 amide bonds. The number of piperidine rings is 1. The second-order valence-electron chi connectivity index (χ2n) is 5.67. The molecule has 5 heteroatoms. The summed E-state index contributed by atoms with van der Waals surface area (Å²) in [5.74, 6) is 1.89. The minimum atomic E-state index is 0.695. The summed E-state index contributed by atoms with van der Waals surface area (Å²) in [5, 5.41) is 11.6. The number of nitrogens with zero attached hydrogens (tertiary/aromatic N) is 4. The van der Waals surface area contributed by atoms with Crippen molar-refractivity contribution in [3.8, 4) is 0 Å². The molecular weight excluding hydrogens is 262 g/mol. The van der Waals surface area contributed by atoms with Crippen LogP contribution in [0, 0.1) is 6.92 Å². The van der Waals surface area contributed by atoms with Crippen LogP contribution >= 0.6 is 0 Å². The lowest BCUT2D eigenvalue weighted by Gasteiger charge is -2.28. The summed E-state index contributed by atoms with van der Waals surface area (Å²) in [7, 11) is 1.99. The van der Waals surface area contributed by atoms with Gasteiger partial charge >= 0.3 is 0 Å². The predicted octanol–water partition coefficient (Wildman–Crippen LogP) is 2.73. The standard InChI is InChI=1S/C16H23N5/c1-13-18-19-16(20(13)2)12-17-14-6-8-15(9-7-14)21-10-4-3-5-11-21/h6-9,17H,3-5,10-12H2,1-2H3. The first-order valence-corrected chi connectivity index (χ1v) is 7.68. The van der Waals surface area contributed by atoms with E-state index in [1.807, 2.05) is 18.5 Å². The van der Waals surface area contributed by atoms with E-state index in [9.17, 15) is 0 Å². The van der Waals surface area contributed by atoms with E-state index in [2.05, 4.69) is 44.7 Å². The van der Waals surface area contributed by atoms with E-state index in [0.717, 1.165) is 17.3 Å². The monoisotopic (exact) mass is 285 g/mol. The first kappa shape index (κ1) is 13.9. The molecule has 0 spiro atoms. The fourth-order valence-corrected chi connectivity index (χ4v) is 2.73. The SMILES string of the molecule is Cc1nnc(CNc2ccc(N3CCCCC3)cc2)n1C. The average molecular weight is 285 g/mol. The van der Waals surface area contributed by atoms with Crippen LogP contribution in [0.5, 0.6) is 0 Å². The Labute approximate surface area is 126 Å². The Balaban J connectivity index is 1.60. The van der Waals surface area contributed by atoms with Crippen LogP contribution in [0.1, 0.15) is 30.9 Å². The summed E-state index contributed by atoms with van der Waals surface area (Å²) in [5.41, 5.74) is 2.45. The Morgan fingerprint density at radius 2 is 1.76 bits per heavy atom. The molecule has 2 heterocycles. The van der Waals surface area contributed by atoms with E-state index in [-0.39, 0.29) is 0 Å². The fraction of sp³-hybridized carbons (Fsp3) is 0.500. The zero-order valence-corrected chi connectivity index (χ0v) is 12.8. The molecule has 5 nitrogen and oxygen atoms in total. The van der Waals surface area contributed by atoms with Gasteiger partial charge in [-0.1, -0.05) is 0 Å². The molecule has 0 unspecified atom stereocenters. The molecule has 1 fully saturated rings. The van der Waals surface area contributed by atoms with Gasteiger partial charge in [0, 0.05) is 31.5 Å². The smallest absolute Gasteiger partial charge is 0.152 e. The molecule has 112 valence electrons. The quantitative estimate of drug-likeness (QED) is 0.938. The minimum absolute atomic E-state index is 0.695. The van der Waals surface area contributed by atoms with Gasteiger partial charge < -0.3 is 14.8 Å². The number of aromatic nitrogens is 3. The van der Waals surface area contributed by atoms with Gasteiger partial charge in [-0.25, -0.2) is 0 Å². The van der Waals surface area contributed by atoms with Crippen molar-refractivity contribution in [3.05, 3.63) is 35.9 Å². The summed E-state index contributed by atoms with van der Waals surface area (Å²) in [4.78, 5) is 2.47. The Bertz CT molecular complexity index is 581. The highest BCUT2D eigenvalue weighted by molar-refractivity contribution is 5.55. The zero-order chi connectivity index (χ0) is 14.7. The van der Waals surface area contributed by atoms with Crippen molar-refractivity contribution in [2.75, 3.05) is 23.3 Å². The van der Waals surface area contributed by atoms with Crippen LogP contribution < -0.4 is 10.2 Å². The third-order valence-corrected chi connectivity index (χ3v) is 4.22. The van der Waals surface area contributed by atoms with Gasteiger partial charge in [-0.3, -0.25) is 0 Å². The lowest BCUT2D eigenvalue weighted by Crippen LogP contribution is -2.29. The molecule has 0 aliphatic carbocycles. The highest BCUT2D eigenvalue weighted by Gasteiger charge is 2.10. The second kappa shape index (κ2) is 6.16. The molecule has 21 heavy (non-hydrogen) atoms. The number of aryl methyl sites for hydroxylation is 1. The van der Waals surface area contributed by atoms with Crippen molar-refractivity contribution in [3.63, 3.8) is 0 Å². The molecule has 0 saturated carbocycles. The largest absolute Gasteiger partial charge is 0.378 e. The molecule has 0 radical (unpaired) electrons. The molecular formula is C16H23N5. The van der Waals surface area contributed by atoms with Gasteiger partial charge in [-0.15, -0.1) is 10.2 Å². The molecule has 1 aliphatic heterocycles. The minimum Gasteiger partial charge on any atom is -0.378 e. The van der Waals surface area contributed by atoms with Crippen molar-refractivity contribution in [1.82, 2.24) is 14.8 Å². The van der Waals surface area contributed by atoms with Gasteiger partial charge in [0.15, 0.2) is 5.82 Å². The summed E-state index contributed by atoms with van der Waals surface area (Å²) in [6.07, 6.45) is 3.99. The highest BCUT2D eigenvalue weighted by Crippen LogP contribution is 2.21. The molecule has 1 saturated heterocycles. The second-order valence-corrected chi connectivity index (χ2v) is 5.67. The van der Waals surface area contributed by atoms with E-state index in [1.165, 1.54) is 38.0 Å². The number of benzene rings is 1. The van der Waals surface area contributed by atoms with Crippen LogP contribution in [-0.2, 0) is 13.6 Å². The number of hydrogen-bond donors (Lipinski definition) is 1. The van der Waals surface area contributed by atoms with E-state index in [0.29, 0.717) is 6.54 Å². The Hall–Kier alpha value is -2.04. The molecule has 1 aromatic heterocycles. The van der Waals surface area contributed by atoms with Crippen LogP contribution in [0.2, 0.25) is 0 Å². The average Bonchev–Trinajstić information content (AvgIpc) is 2.86. The molecule has 0 bridgehead atoms. The third-order valence-electron chi connectivity index (χ3n) is 4.22. The Morgan fingerprint density at radius 1 is 1.05 bits per heavy atom. The molecule has 0 atom stereocenters. The first-order chi connectivity index (χ1) is 10.2. The van der Waals surface area contributed by atoms with E-state index >= 15 is 0 Å². The number of hydrogen-bond acceptors (Lipinski definition) is 4. The normalized spacial score (nSPS) is 15.2. The molecule has 2 aromatic rings. The Morgan fingerprint density at radius 3 is 2.38 bits per heavy atom. The van der Waals surface area contributed by atoms with Crippen LogP contribution in [0.4, 0.5) is 11.4 Å². The maximum Gasteiger partial charge on any atom is 0.152 e. The van der Waals surface area contributed by atoms with Crippen LogP contribution in [-0.4, -0.2) is 27.9 Å². The Kier molecular flexibility index (Phi) is 4.08.